The minimum atomic E-state index is -1.46. The SMILES string of the molecule is CC(Nc1cc(F)c(F)c(F)c1)c1ccc(N(C)C)cc1. The van der Waals surface area contributed by atoms with Crippen molar-refractivity contribution in [2.45, 2.75) is 13.0 Å². The Morgan fingerprint density at radius 3 is 1.95 bits per heavy atom. The van der Waals surface area contributed by atoms with E-state index in [1.807, 2.05) is 50.2 Å². The number of benzene rings is 2. The van der Waals surface area contributed by atoms with Crippen LogP contribution in [0.3, 0.4) is 0 Å². The molecular formula is C16H17F3N2. The molecule has 0 saturated carbocycles. The number of anilines is 2. The molecule has 0 aliphatic carbocycles. The van der Waals surface area contributed by atoms with E-state index in [9.17, 15) is 13.2 Å². The summed E-state index contributed by atoms with van der Waals surface area (Å²) in [6.07, 6.45) is 0. The van der Waals surface area contributed by atoms with Crippen LogP contribution in [0, 0.1) is 17.5 Å². The summed E-state index contributed by atoms with van der Waals surface area (Å²) in [6.45, 7) is 1.86. The molecule has 0 fully saturated rings. The Hall–Kier alpha value is -2.17. The molecule has 0 spiro atoms. The molecule has 5 heteroatoms. The third-order valence-electron chi connectivity index (χ3n) is 3.28. The largest absolute Gasteiger partial charge is 0.378 e. The maximum atomic E-state index is 13.2. The Morgan fingerprint density at radius 1 is 0.952 bits per heavy atom. The summed E-state index contributed by atoms with van der Waals surface area (Å²) in [5.41, 5.74) is 2.23. The zero-order valence-corrected chi connectivity index (χ0v) is 12.1. The molecule has 2 aromatic carbocycles. The Morgan fingerprint density at radius 2 is 1.48 bits per heavy atom. The molecule has 2 rings (SSSR count). The first-order valence-corrected chi connectivity index (χ1v) is 6.57. The van der Waals surface area contributed by atoms with Gasteiger partial charge < -0.3 is 10.2 Å². The zero-order valence-electron chi connectivity index (χ0n) is 12.1. The van der Waals surface area contributed by atoms with Crippen LogP contribution in [0.2, 0.25) is 0 Å². The summed E-state index contributed by atoms with van der Waals surface area (Å²) in [7, 11) is 3.89. The molecule has 0 aromatic heterocycles. The summed E-state index contributed by atoms with van der Waals surface area (Å²) < 4.78 is 39.3. The molecule has 21 heavy (non-hydrogen) atoms. The molecule has 0 heterocycles. The van der Waals surface area contributed by atoms with Crippen molar-refractivity contribution in [3.63, 3.8) is 0 Å². The molecule has 0 radical (unpaired) electrons. The quantitative estimate of drug-likeness (QED) is 0.844. The van der Waals surface area contributed by atoms with Crippen molar-refractivity contribution in [3.8, 4) is 0 Å². The minimum Gasteiger partial charge on any atom is -0.378 e. The molecule has 2 nitrogen and oxygen atoms in total. The van der Waals surface area contributed by atoms with E-state index in [2.05, 4.69) is 5.32 Å². The highest BCUT2D eigenvalue weighted by Gasteiger charge is 2.12. The van der Waals surface area contributed by atoms with E-state index in [0.29, 0.717) is 0 Å². The molecule has 1 atom stereocenters. The van der Waals surface area contributed by atoms with Crippen LogP contribution in [-0.4, -0.2) is 14.1 Å². The highest BCUT2D eigenvalue weighted by Crippen LogP contribution is 2.24. The van der Waals surface area contributed by atoms with Gasteiger partial charge in [-0.05, 0) is 24.6 Å². The Kier molecular flexibility index (Phi) is 4.40. The van der Waals surface area contributed by atoms with Gasteiger partial charge in [0.2, 0.25) is 0 Å². The predicted octanol–water partition coefficient (Wildman–Crippen LogP) is 4.34. The third-order valence-corrected chi connectivity index (χ3v) is 3.28. The van der Waals surface area contributed by atoms with Gasteiger partial charge in [0.25, 0.3) is 0 Å². The van der Waals surface area contributed by atoms with Gasteiger partial charge in [0.1, 0.15) is 0 Å². The first kappa shape index (κ1) is 15.2. The van der Waals surface area contributed by atoms with Gasteiger partial charge in [-0.25, -0.2) is 13.2 Å². The van der Waals surface area contributed by atoms with Crippen LogP contribution in [0.25, 0.3) is 0 Å². The van der Waals surface area contributed by atoms with Crippen LogP contribution in [0.4, 0.5) is 24.5 Å². The van der Waals surface area contributed by atoms with Crippen LogP contribution in [0.1, 0.15) is 18.5 Å². The van der Waals surface area contributed by atoms with Crippen molar-refractivity contribution in [1.29, 1.82) is 0 Å². The van der Waals surface area contributed by atoms with E-state index in [0.717, 1.165) is 23.4 Å². The van der Waals surface area contributed by atoms with Crippen molar-refractivity contribution in [2.75, 3.05) is 24.3 Å². The lowest BCUT2D eigenvalue weighted by Gasteiger charge is -2.18. The lowest BCUT2D eigenvalue weighted by atomic mass is 10.1. The number of hydrogen-bond acceptors (Lipinski definition) is 2. The summed E-state index contributed by atoms with van der Waals surface area (Å²) >= 11 is 0. The number of halogens is 3. The van der Waals surface area contributed by atoms with Gasteiger partial charge in [0.15, 0.2) is 17.5 Å². The van der Waals surface area contributed by atoms with Crippen LogP contribution in [-0.2, 0) is 0 Å². The van der Waals surface area contributed by atoms with Crippen molar-refractivity contribution in [1.82, 2.24) is 0 Å². The fraction of sp³-hybridized carbons (Fsp3) is 0.250. The highest BCUT2D eigenvalue weighted by atomic mass is 19.2. The van der Waals surface area contributed by atoms with Gasteiger partial charge in [-0.2, -0.15) is 0 Å². The van der Waals surface area contributed by atoms with E-state index in [1.165, 1.54) is 0 Å². The molecule has 0 saturated heterocycles. The Balaban J connectivity index is 2.16. The van der Waals surface area contributed by atoms with Gasteiger partial charge in [-0.15, -0.1) is 0 Å². The Bertz CT molecular complexity index is 601. The molecule has 112 valence electrons. The maximum absolute atomic E-state index is 13.2. The summed E-state index contributed by atoms with van der Waals surface area (Å²) in [5.74, 6) is -3.86. The second-order valence-corrected chi connectivity index (χ2v) is 5.11. The van der Waals surface area contributed by atoms with Gasteiger partial charge in [0, 0.05) is 43.6 Å². The molecule has 1 N–H and O–H groups in total. The smallest absolute Gasteiger partial charge is 0.194 e. The van der Waals surface area contributed by atoms with Crippen molar-refractivity contribution < 1.29 is 13.2 Å². The number of hydrogen-bond donors (Lipinski definition) is 1. The van der Waals surface area contributed by atoms with Gasteiger partial charge >= 0.3 is 0 Å². The predicted molar refractivity (Wildman–Crippen MR) is 79.1 cm³/mol. The van der Waals surface area contributed by atoms with E-state index < -0.39 is 17.5 Å². The van der Waals surface area contributed by atoms with Crippen molar-refractivity contribution in [2.24, 2.45) is 0 Å². The van der Waals surface area contributed by atoms with Crippen LogP contribution >= 0.6 is 0 Å². The molecular weight excluding hydrogens is 277 g/mol. The second kappa shape index (κ2) is 6.08. The fourth-order valence-electron chi connectivity index (χ4n) is 2.03. The standard InChI is InChI=1S/C16H17F3N2/c1-10(11-4-6-13(7-5-11)21(2)3)20-12-8-14(17)16(19)15(18)9-12/h4-10,20H,1-3H3. The highest BCUT2D eigenvalue weighted by molar-refractivity contribution is 5.49. The van der Waals surface area contributed by atoms with E-state index in [-0.39, 0.29) is 11.7 Å². The molecule has 0 aliphatic rings. The lowest BCUT2D eigenvalue weighted by Crippen LogP contribution is -2.10. The van der Waals surface area contributed by atoms with E-state index in [4.69, 9.17) is 0 Å². The fourth-order valence-corrected chi connectivity index (χ4v) is 2.03. The molecule has 2 aromatic rings. The molecule has 0 bridgehead atoms. The Labute approximate surface area is 122 Å². The first-order valence-electron chi connectivity index (χ1n) is 6.57. The van der Waals surface area contributed by atoms with Crippen LogP contribution in [0.5, 0.6) is 0 Å². The first-order chi connectivity index (χ1) is 9.88. The summed E-state index contributed by atoms with van der Waals surface area (Å²) in [6, 6.07) is 9.52. The topological polar surface area (TPSA) is 15.3 Å². The normalized spacial score (nSPS) is 12.1. The van der Waals surface area contributed by atoms with Gasteiger partial charge in [-0.3, -0.25) is 0 Å². The van der Waals surface area contributed by atoms with Gasteiger partial charge in [0.05, 0.1) is 0 Å². The van der Waals surface area contributed by atoms with Gasteiger partial charge in [-0.1, -0.05) is 12.1 Å². The zero-order chi connectivity index (χ0) is 15.6. The molecule has 0 aliphatic heterocycles. The number of nitrogens with one attached hydrogen (secondary N) is 1. The summed E-state index contributed by atoms with van der Waals surface area (Å²) in [5, 5.41) is 2.96. The van der Waals surface area contributed by atoms with E-state index in [1.54, 1.807) is 0 Å². The average molecular weight is 294 g/mol. The van der Waals surface area contributed by atoms with Crippen LogP contribution in [0.15, 0.2) is 36.4 Å². The monoisotopic (exact) mass is 294 g/mol. The molecule has 0 amide bonds. The second-order valence-electron chi connectivity index (χ2n) is 5.11. The maximum Gasteiger partial charge on any atom is 0.194 e. The average Bonchev–Trinajstić information content (AvgIpc) is 2.44. The number of rotatable bonds is 4. The van der Waals surface area contributed by atoms with Crippen LogP contribution < -0.4 is 10.2 Å². The third kappa shape index (κ3) is 3.48. The van der Waals surface area contributed by atoms with Crippen molar-refractivity contribution in [3.05, 3.63) is 59.4 Å². The lowest BCUT2D eigenvalue weighted by molar-refractivity contribution is 0.447. The molecule has 1 unspecified atom stereocenters. The summed E-state index contributed by atoms with van der Waals surface area (Å²) in [4.78, 5) is 1.98. The number of nitrogens with zero attached hydrogens (tertiary/aromatic N) is 1. The van der Waals surface area contributed by atoms with Crippen molar-refractivity contribution >= 4 is 11.4 Å². The minimum absolute atomic E-state index is 0.162. The van der Waals surface area contributed by atoms with E-state index >= 15 is 0 Å².